The molecule has 0 aliphatic rings. The Bertz CT molecular complexity index is 610. The number of aromatic hydroxyl groups is 1. The highest BCUT2D eigenvalue weighted by atomic mass is 19.1. The second-order valence-corrected chi connectivity index (χ2v) is 3.43. The van der Waals surface area contributed by atoms with Gasteiger partial charge in [0, 0.05) is 0 Å². The molecular weight excluding hydrogens is 225 g/mol. The summed E-state index contributed by atoms with van der Waals surface area (Å²) in [6.45, 7) is 0.00618. The molecule has 1 aromatic heterocycles. The highest BCUT2D eigenvalue weighted by Crippen LogP contribution is 2.23. The smallest absolute Gasteiger partial charge is 0.262 e. The van der Waals surface area contributed by atoms with Crippen LogP contribution < -0.4 is 11.3 Å². The number of nitrogens with two attached hydrogens (primary N) is 1. The average molecular weight is 235 g/mol. The lowest BCUT2D eigenvalue weighted by molar-refractivity contribution is 0.450. The minimum Gasteiger partial charge on any atom is -0.493 e. The van der Waals surface area contributed by atoms with E-state index in [0.29, 0.717) is 0 Å². The van der Waals surface area contributed by atoms with Crippen molar-refractivity contribution in [3.05, 3.63) is 46.3 Å². The van der Waals surface area contributed by atoms with Gasteiger partial charge in [-0.3, -0.25) is 4.79 Å². The van der Waals surface area contributed by atoms with E-state index in [-0.39, 0.29) is 23.5 Å². The van der Waals surface area contributed by atoms with Crippen LogP contribution in [-0.2, 0) is 6.54 Å². The predicted octanol–water partition coefficient (Wildman–Crippen LogP) is 0.740. The van der Waals surface area contributed by atoms with E-state index in [0.717, 1.165) is 6.07 Å². The molecule has 0 atom stereocenters. The lowest BCUT2D eigenvalue weighted by atomic mass is 10.1. The lowest BCUT2D eigenvalue weighted by Gasteiger charge is -2.04. The van der Waals surface area contributed by atoms with Gasteiger partial charge in [0.25, 0.3) is 5.56 Å². The van der Waals surface area contributed by atoms with E-state index in [1.54, 1.807) is 0 Å². The van der Waals surface area contributed by atoms with Gasteiger partial charge in [-0.15, -0.1) is 0 Å². The van der Waals surface area contributed by atoms with Gasteiger partial charge in [-0.1, -0.05) is 12.1 Å². The van der Waals surface area contributed by atoms with E-state index in [1.807, 2.05) is 0 Å². The highest BCUT2D eigenvalue weighted by molar-refractivity contribution is 5.67. The minimum atomic E-state index is -0.552. The van der Waals surface area contributed by atoms with E-state index in [9.17, 15) is 14.3 Å². The summed E-state index contributed by atoms with van der Waals surface area (Å²) < 4.78 is 13.0. The first-order valence-electron chi connectivity index (χ1n) is 4.90. The molecule has 0 fully saturated rings. The Balaban J connectivity index is 2.64. The number of hydrogen-bond donors (Lipinski definition) is 3. The summed E-state index contributed by atoms with van der Waals surface area (Å²) >= 11 is 0. The fraction of sp³-hybridized carbons (Fsp3) is 0.0909. The molecule has 0 amide bonds. The van der Waals surface area contributed by atoms with Crippen LogP contribution in [0.3, 0.4) is 0 Å². The van der Waals surface area contributed by atoms with Crippen molar-refractivity contribution in [1.29, 1.82) is 0 Å². The van der Waals surface area contributed by atoms with Crippen LogP contribution in [-0.4, -0.2) is 15.1 Å². The molecule has 0 spiro atoms. The van der Waals surface area contributed by atoms with Crippen molar-refractivity contribution in [3.8, 4) is 17.0 Å². The molecule has 0 aliphatic carbocycles. The number of rotatable bonds is 2. The van der Waals surface area contributed by atoms with Gasteiger partial charge in [0.05, 0.1) is 6.54 Å². The Labute approximate surface area is 95.8 Å². The van der Waals surface area contributed by atoms with Gasteiger partial charge in [-0.25, -0.2) is 4.39 Å². The number of nitrogens with one attached hydrogen (secondary N) is 1. The predicted molar refractivity (Wildman–Crippen MR) is 59.8 cm³/mol. The third kappa shape index (κ3) is 2.16. The Morgan fingerprint density at radius 2 is 2.24 bits per heavy atom. The summed E-state index contributed by atoms with van der Waals surface area (Å²) in [5, 5.41) is 9.64. The molecule has 0 radical (unpaired) electrons. The third-order valence-corrected chi connectivity index (χ3v) is 2.26. The van der Waals surface area contributed by atoms with Crippen LogP contribution in [0.4, 0.5) is 4.39 Å². The Morgan fingerprint density at radius 1 is 1.47 bits per heavy atom. The number of aromatic nitrogens is 2. The summed E-state index contributed by atoms with van der Waals surface area (Å²) in [6, 6.07) is 5.35. The van der Waals surface area contributed by atoms with Crippen LogP contribution in [0.2, 0.25) is 0 Å². The SMILES string of the molecule is NCc1nc(O)c(-c2cccc(F)c2)c(=O)[nH]1. The first-order chi connectivity index (χ1) is 8.11. The molecule has 0 unspecified atom stereocenters. The van der Waals surface area contributed by atoms with Gasteiger partial charge in [0.15, 0.2) is 0 Å². The van der Waals surface area contributed by atoms with Crippen molar-refractivity contribution >= 4 is 0 Å². The maximum absolute atomic E-state index is 13.0. The van der Waals surface area contributed by atoms with Crippen LogP contribution in [0.1, 0.15) is 5.82 Å². The summed E-state index contributed by atoms with van der Waals surface area (Å²) in [5.41, 5.74) is 4.94. The molecule has 1 heterocycles. The second kappa shape index (κ2) is 4.34. The van der Waals surface area contributed by atoms with Crippen molar-refractivity contribution < 1.29 is 9.50 Å². The zero-order valence-electron chi connectivity index (χ0n) is 8.77. The zero-order chi connectivity index (χ0) is 12.4. The van der Waals surface area contributed by atoms with E-state index >= 15 is 0 Å². The number of benzene rings is 1. The summed E-state index contributed by atoms with van der Waals surface area (Å²) in [4.78, 5) is 17.8. The molecule has 1 aromatic carbocycles. The molecule has 6 heteroatoms. The van der Waals surface area contributed by atoms with Gasteiger partial charge in [0.2, 0.25) is 5.88 Å². The normalized spacial score (nSPS) is 10.5. The fourth-order valence-electron chi connectivity index (χ4n) is 1.51. The van der Waals surface area contributed by atoms with E-state index < -0.39 is 17.3 Å². The van der Waals surface area contributed by atoms with Crippen molar-refractivity contribution in [2.75, 3.05) is 0 Å². The molecule has 2 rings (SSSR count). The summed E-state index contributed by atoms with van der Waals surface area (Å²) in [7, 11) is 0. The lowest BCUT2D eigenvalue weighted by Crippen LogP contribution is -2.16. The van der Waals surface area contributed by atoms with Gasteiger partial charge < -0.3 is 15.8 Å². The Hall–Kier alpha value is -2.21. The second-order valence-electron chi connectivity index (χ2n) is 3.43. The number of H-pyrrole nitrogens is 1. The third-order valence-electron chi connectivity index (χ3n) is 2.26. The van der Waals surface area contributed by atoms with Gasteiger partial charge in [-0.2, -0.15) is 4.98 Å². The molecule has 0 saturated carbocycles. The largest absolute Gasteiger partial charge is 0.493 e. The van der Waals surface area contributed by atoms with E-state index in [2.05, 4.69) is 9.97 Å². The van der Waals surface area contributed by atoms with Crippen LogP contribution in [0.5, 0.6) is 5.88 Å². The number of hydrogen-bond acceptors (Lipinski definition) is 4. The van der Waals surface area contributed by atoms with Crippen LogP contribution in [0, 0.1) is 5.82 Å². The maximum Gasteiger partial charge on any atom is 0.262 e. The van der Waals surface area contributed by atoms with Crippen LogP contribution in [0.15, 0.2) is 29.1 Å². The van der Waals surface area contributed by atoms with Crippen molar-refractivity contribution in [2.24, 2.45) is 5.73 Å². The minimum absolute atomic E-state index is 0.00618. The molecule has 2 aromatic rings. The van der Waals surface area contributed by atoms with E-state index in [1.165, 1.54) is 18.2 Å². The molecule has 17 heavy (non-hydrogen) atoms. The molecule has 0 saturated heterocycles. The van der Waals surface area contributed by atoms with Crippen molar-refractivity contribution in [1.82, 2.24) is 9.97 Å². The number of halogens is 1. The monoisotopic (exact) mass is 235 g/mol. The van der Waals surface area contributed by atoms with Crippen molar-refractivity contribution in [3.63, 3.8) is 0 Å². The Morgan fingerprint density at radius 3 is 2.82 bits per heavy atom. The zero-order valence-corrected chi connectivity index (χ0v) is 8.77. The molecule has 4 N–H and O–H groups in total. The molecule has 5 nitrogen and oxygen atoms in total. The molecule has 88 valence electrons. The number of nitrogens with zero attached hydrogens (tertiary/aromatic N) is 1. The molecule has 0 bridgehead atoms. The number of aromatic amines is 1. The topological polar surface area (TPSA) is 92.0 Å². The van der Waals surface area contributed by atoms with Crippen LogP contribution in [0.25, 0.3) is 11.1 Å². The van der Waals surface area contributed by atoms with Gasteiger partial charge >= 0.3 is 0 Å². The van der Waals surface area contributed by atoms with Gasteiger partial charge in [-0.05, 0) is 17.7 Å². The van der Waals surface area contributed by atoms with E-state index in [4.69, 9.17) is 5.73 Å². The van der Waals surface area contributed by atoms with Gasteiger partial charge in [0.1, 0.15) is 17.2 Å². The Kier molecular flexibility index (Phi) is 2.88. The average Bonchev–Trinajstić information content (AvgIpc) is 2.28. The first kappa shape index (κ1) is 11.3. The highest BCUT2D eigenvalue weighted by Gasteiger charge is 2.12. The summed E-state index contributed by atoms with van der Waals surface area (Å²) in [6.07, 6.45) is 0. The standard InChI is InChI=1S/C11H10FN3O2/c12-7-3-1-2-6(4-7)9-10(16)14-8(5-13)15-11(9)17/h1-4H,5,13H2,(H2,14,15,16,17). The molecular formula is C11H10FN3O2. The molecule has 0 aliphatic heterocycles. The fourth-order valence-corrected chi connectivity index (χ4v) is 1.51. The van der Waals surface area contributed by atoms with Crippen LogP contribution >= 0.6 is 0 Å². The first-order valence-corrected chi connectivity index (χ1v) is 4.90. The van der Waals surface area contributed by atoms with Crippen molar-refractivity contribution in [2.45, 2.75) is 6.54 Å². The maximum atomic E-state index is 13.0. The quantitative estimate of drug-likeness (QED) is 0.715. The summed E-state index contributed by atoms with van der Waals surface area (Å²) in [5.74, 6) is -0.781.